The Balaban J connectivity index is 1.73. The second-order valence-electron chi connectivity index (χ2n) is 7.99. The van der Waals surface area contributed by atoms with Crippen molar-refractivity contribution in [2.45, 2.75) is 45.8 Å². The molecule has 4 heteroatoms. The summed E-state index contributed by atoms with van der Waals surface area (Å²) in [6.07, 6.45) is 1.52. The summed E-state index contributed by atoms with van der Waals surface area (Å²) in [5.41, 5.74) is 6.64. The van der Waals surface area contributed by atoms with E-state index in [2.05, 4.69) is 67.7 Å². The summed E-state index contributed by atoms with van der Waals surface area (Å²) < 4.78 is 5.62. The molecule has 31 heavy (non-hydrogen) atoms. The summed E-state index contributed by atoms with van der Waals surface area (Å²) in [4.78, 5) is 5.06. The van der Waals surface area contributed by atoms with Gasteiger partial charge in [-0.1, -0.05) is 73.2 Å². The predicted molar refractivity (Wildman–Crippen MR) is 126 cm³/mol. The fraction of sp³-hybridized carbons (Fsp3) is 0.296. The monoisotopic (exact) mass is 414 g/mol. The van der Waals surface area contributed by atoms with Gasteiger partial charge in [0, 0.05) is 23.7 Å². The van der Waals surface area contributed by atoms with Crippen molar-refractivity contribution >= 4 is 5.71 Å². The molecule has 3 aromatic carbocycles. The number of para-hydroxylation sites is 1. The standard InChI is InChI=1S/C27H30N2O2/c1-4-19-11-15-20(16-12-19)23-17-24(22-7-6-8-25(26(22)30)31-5-2)29-27(28-23)21-13-9-18(3)10-14-21/h6-16,24,27,29-30H,4-5,17H2,1-3H3/t24-,27+/m0/s1. The SMILES string of the molecule is CCOc1cccc([C@@H]2CC(c3ccc(CC)cc3)=N[C@@H](c3ccc(C)cc3)N2)c1O. The van der Waals surface area contributed by atoms with Crippen LogP contribution in [0.15, 0.2) is 71.7 Å². The van der Waals surface area contributed by atoms with E-state index in [4.69, 9.17) is 9.73 Å². The summed E-state index contributed by atoms with van der Waals surface area (Å²) in [7, 11) is 0. The number of hydrogen-bond acceptors (Lipinski definition) is 4. The Morgan fingerprint density at radius 2 is 1.74 bits per heavy atom. The maximum absolute atomic E-state index is 10.9. The Hall–Kier alpha value is -3.11. The predicted octanol–water partition coefficient (Wildman–Crippen LogP) is 5.88. The Morgan fingerprint density at radius 1 is 1.00 bits per heavy atom. The van der Waals surface area contributed by atoms with Gasteiger partial charge >= 0.3 is 0 Å². The Kier molecular flexibility index (Phi) is 6.38. The van der Waals surface area contributed by atoms with Crippen molar-refractivity contribution in [3.8, 4) is 11.5 Å². The maximum atomic E-state index is 10.9. The lowest BCUT2D eigenvalue weighted by Gasteiger charge is -2.31. The topological polar surface area (TPSA) is 53.8 Å². The van der Waals surface area contributed by atoms with Crippen molar-refractivity contribution in [3.05, 3.63) is 94.5 Å². The van der Waals surface area contributed by atoms with Crippen molar-refractivity contribution in [2.75, 3.05) is 6.61 Å². The minimum atomic E-state index is -0.185. The lowest BCUT2D eigenvalue weighted by molar-refractivity contribution is 0.313. The first-order valence-corrected chi connectivity index (χ1v) is 11.0. The van der Waals surface area contributed by atoms with E-state index in [0.717, 1.165) is 28.8 Å². The molecular formula is C27H30N2O2. The van der Waals surface area contributed by atoms with Crippen LogP contribution in [0.2, 0.25) is 0 Å². The largest absolute Gasteiger partial charge is 0.504 e. The van der Waals surface area contributed by atoms with E-state index in [1.54, 1.807) is 6.07 Å². The van der Waals surface area contributed by atoms with Crippen LogP contribution < -0.4 is 10.1 Å². The first-order valence-electron chi connectivity index (χ1n) is 11.0. The molecular weight excluding hydrogens is 384 g/mol. The summed E-state index contributed by atoms with van der Waals surface area (Å²) in [5.74, 6) is 0.720. The lowest BCUT2D eigenvalue weighted by atomic mass is 9.92. The minimum Gasteiger partial charge on any atom is -0.504 e. The van der Waals surface area contributed by atoms with E-state index in [1.807, 2.05) is 19.1 Å². The fourth-order valence-electron chi connectivity index (χ4n) is 4.03. The molecule has 1 aliphatic heterocycles. The van der Waals surface area contributed by atoms with Gasteiger partial charge in [-0.15, -0.1) is 0 Å². The van der Waals surface area contributed by atoms with Gasteiger partial charge in [0.1, 0.15) is 6.17 Å². The molecule has 0 amide bonds. The first kappa shape index (κ1) is 21.1. The second-order valence-corrected chi connectivity index (χ2v) is 7.99. The molecule has 2 atom stereocenters. The third kappa shape index (κ3) is 4.64. The number of rotatable bonds is 6. The van der Waals surface area contributed by atoms with Gasteiger partial charge < -0.3 is 9.84 Å². The molecule has 0 radical (unpaired) electrons. The molecule has 160 valence electrons. The number of nitrogens with zero attached hydrogens (tertiary/aromatic N) is 1. The summed E-state index contributed by atoms with van der Waals surface area (Å²) in [5, 5.41) is 14.5. The van der Waals surface area contributed by atoms with Crippen LogP contribution in [0.25, 0.3) is 0 Å². The van der Waals surface area contributed by atoms with Crippen LogP contribution in [-0.2, 0) is 6.42 Å². The summed E-state index contributed by atoms with van der Waals surface area (Å²) in [6.45, 7) is 6.68. The van der Waals surface area contributed by atoms with Crippen LogP contribution in [0, 0.1) is 6.92 Å². The average molecular weight is 415 g/mol. The number of nitrogens with one attached hydrogen (secondary N) is 1. The number of phenols is 1. The lowest BCUT2D eigenvalue weighted by Crippen LogP contribution is -2.33. The number of aliphatic imine (C=N–C) groups is 1. The van der Waals surface area contributed by atoms with E-state index in [-0.39, 0.29) is 18.0 Å². The van der Waals surface area contributed by atoms with Crippen LogP contribution in [0.5, 0.6) is 11.5 Å². The zero-order valence-corrected chi connectivity index (χ0v) is 18.4. The van der Waals surface area contributed by atoms with Gasteiger partial charge in [0.2, 0.25) is 0 Å². The second kappa shape index (κ2) is 9.36. The van der Waals surface area contributed by atoms with E-state index >= 15 is 0 Å². The molecule has 4 rings (SSSR count). The maximum Gasteiger partial charge on any atom is 0.162 e. The molecule has 0 fully saturated rings. The van der Waals surface area contributed by atoms with Gasteiger partial charge in [-0.05, 0) is 43.0 Å². The number of benzene rings is 3. The normalized spacial score (nSPS) is 18.5. The number of phenolic OH excluding ortho intramolecular Hbond substituents is 1. The van der Waals surface area contributed by atoms with E-state index < -0.39 is 0 Å². The third-order valence-corrected chi connectivity index (χ3v) is 5.84. The Morgan fingerprint density at radius 3 is 2.42 bits per heavy atom. The molecule has 2 N–H and O–H groups in total. The summed E-state index contributed by atoms with van der Waals surface area (Å²) >= 11 is 0. The highest BCUT2D eigenvalue weighted by Crippen LogP contribution is 2.38. The molecule has 4 nitrogen and oxygen atoms in total. The van der Waals surface area contributed by atoms with E-state index in [9.17, 15) is 5.11 Å². The highest BCUT2D eigenvalue weighted by Gasteiger charge is 2.28. The number of hydrogen-bond donors (Lipinski definition) is 2. The molecule has 3 aromatic rings. The van der Waals surface area contributed by atoms with Gasteiger partial charge in [-0.25, -0.2) is 0 Å². The van der Waals surface area contributed by atoms with Crippen LogP contribution in [-0.4, -0.2) is 17.4 Å². The number of aromatic hydroxyl groups is 1. The molecule has 0 spiro atoms. The minimum absolute atomic E-state index is 0.0786. The van der Waals surface area contributed by atoms with Crippen LogP contribution in [0.4, 0.5) is 0 Å². The molecule has 0 saturated heterocycles. The van der Waals surface area contributed by atoms with Crippen molar-refractivity contribution in [1.82, 2.24) is 5.32 Å². The Labute approximate surface area is 184 Å². The Bertz CT molecular complexity index is 1060. The van der Waals surface area contributed by atoms with Crippen LogP contribution >= 0.6 is 0 Å². The van der Waals surface area contributed by atoms with Gasteiger partial charge in [0.25, 0.3) is 0 Å². The quantitative estimate of drug-likeness (QED) is 0.529. The zero-order chi connectivity index (χ0) is 21.8. The van der Waals surface area contributed by atoms with Gasteiger partial charge in [-0.2, -0.15) is 0 Å². The van der Waals surface area contributed by atoms with E-state index in [1.165, 1.54) is 11.1 Å². The van der Waals surface area contributed by atoms with Gasteiger partial charge in [0.05, 0.1) is 6.61 Å². The van der Waals surface area contributed by atoms with Crippen LogP contribution in [0.1, 0.15) is 60.3 Å². The molecule has 0 aliphatic carbocycles. The van der Waals surface area contributed by atoms with Crippen molar-refractivity contribution < 1.29 is 9.84 Å². The molecule has 1 heterocycles. The summed E-state index contributed by atoms with van der Waals surface area (Å²) in [6, 6.07) is 22.7. The smallest absolute Gasteiger partial charge is 0.162 e. The van der Waals surface area contributed by atoms with E-state index in [0.29, 0.717) is 18.8 Å². The van der Waals surface area contributed by atoms with Gasteiger partial charge in [0.15, 0.2) is 11.5 Å². The van der Waals surface area contributed by atoms with Crippen molar-refractivity contribution in [3.63, 3.8) is 0 Å². The molecule has 1 aliphatic rings. The highest BCUT2D eigenvalue weighted by molar-refractivity contribution is 6.01. The molecule has 0 unspecified atom stereocenters. The van der Waals surface area contributed by atoms with Crippen LogP contribution in [0.3, 0.4) is 0 Å². The highest BCUT2D eigenvalue weighted by atomic mass is 16.5. The van der Waals surface area contributed by atoms with Gasteiger partial charge in [-0.3, -0.25) is 10.3 Å². The number of ether oxygens (including phenoxy) is 1. The average Bonchev–Trinajstić information content (AvgIpc) is 2.81. The number of aryl methyl sites for hydroxylation is 2. The molecule has 0 aromatic heterocycles. The molecule has 0 saturated carbocycles. The zero-order valence-electron chi connectivity index (χ0n) is 18.4. The molecule has 0 bridgehead atoms. The first-order chi connectivity index (χ1) is 15.1. The third-order valence-electron chi connectivity index (χ3n) is 5.84. The fourth-order valence-corrected chi connectivity index (χ4v) is 4.03. The van der Waals surface area contributed by atoms with Crippen molar-refractivity contribution in [2.24, 2.45) is 4.99 Å². The van der Waals surface area contributed by atoms with Crippen molar-refractivity contribution in [1.29, 1.82) is 0 Å².